The molecule has 0 fully saturated rings. The molecule has 0 bridgehead atoms. The Morgan fingerprint density at radius 3 is 1.91 bits per heavy atom. The molecule has 0 aliphatic carbocycles. The molecule has 0 aliphatic heterocycles. The summed E-state index contributed by atoms with van der Waals surface area (Å²) in [6.45, 7) is 6.62. The van der Waals surface area contributed by atoms with E-state index in [0.717, 1.165) is 9.87 Å². The number of nitrogens with zero attached hydrogens (tertiary/aromatic N) is 1. The molecule has 3 aromatic rings. The molecule has 1 amide bonds. The van der Waals surface area contributed by atoms with Gasteiger partial charge in [0, 0.05) is 25.3 Å². The maximum Gasteiger partial charge on any atom is 0.264 e. The number of anilines is 3. The van der Waals surface area contributed by atoms with Gasteiger partial charge in [0.25, 0.3) is 20.0 Å². The summed E-state index contributed by atoms with van der Waals surface area (Å²) in [5.41, 5.74) is 3.12. The lowest BCUT2D eigenvalue weighted by Gasteiger charge is -2.23. The molecule has 2 N–H and O–H groups in total. The molecule has 34 heavy (non-hydrogen) atoms. The van der Waals surface area contributed by atoms with Crippen molar-refractivity contribution in [3.63, 3.8) is 0 Å². The Morgan fingerprint density at radius 1 is 0.794 bits per heavy atom. The van der Waals surface area contributed by atoms with E-state index in [9.17, 15) is 21.6 Å². The van der Waals surface area contributed by atoms with Gasteiger partial charge in [-0.15, -0.1) is 0 Å². The number of nitrogens with one attached hydrogen (secondary N) is 2. The average Bonchev–Trinajstić information content (AvgIpc) is 2.74. The summed E-state index contributed by atoms with van der Waals surface area (Å²) in [5, 5.41) is 2.61. The van der Waals surface area contributed by atoms with Crippen LogP contribution in [0.3, 0.4) is 0 Å². The summed E-state index contributed by atoms with van der Waals surface area (Å²) in [6, 6.07) is 15.7. The Kier molecular flexibility index (Phi) is 7.04. The number of carbonyl (C=O) groups is 1. The van der Waals surface area contributed by atoms with Gasteiger partial charge in [0.05, 0.1) is 15.5 Å². The van der Waals surface area contributed by atoms with Crippen molar-refractivity contribution in [1.29, 1.82) is 0 Å². The zero-order valence-electron chi connectivity index (χ0n) is 19.6. The van der Waals surface area contributed by atoms with Gasteiger partial charge in [0.1, 0.15) is 0 Å². The Balaban J connectivity index is 1.97. The van der Waals surface area contributed by atoms with Gasteiger partial charge in [-0.05, 0) is 74.4 Å². The standard InChI is InChI=1S/C24H27N3O5S2/c1-16-6-12-22(13-7-16)34(31,32)27(5)23-15-24(18(3)14-17(23)2)33(29,30)26-21-10-8-20(9-11-21)25-19(4)28/h6-15,26H,1-5H3,(H,25,28). The normalized spacial score (nSPS) is 11.7. The monoisotopic (exact) mass is 501 g/mol. The number of aryl methyl sites for hydroxylation is 3. The highest BCUT2D eigenvalue weighted by Crippen LogP contribution is 2.31. The summed E-state index contributed by atoms with van der Waals surface area (Å²) in [6.07, 6.45) is 0. The SMILES string of the molecule is CC(=O)Nc1ccc(NS(=O)(=O)c2cc(N(C)S(=O)(=O)c3ccc(C)cc3)c(C)cc2C)cc1. The lowest BCUT2D eigenvalue weighted by molar-refractivity contribution is -0.114. The minimum Gasteiger partial charge on any atom is -0.326 e. The van der Waals surface area contributed by atoms with Gasteiger partial charge in [-0.2, -0.15) is 0 Å². The van der Waals surface area contributed by atoms with Crippen LogP contribution in [0.5, 0.6) is 0 Å². The van der Waals surface area contributed by atoms with Crippen LogP contribution in [0, 0.1) is 20.8 Å². The highest BCUT2D eigenvalue weighted by atomic mass is 32.2. The van der Waals surface area contributed by atoms with E-state index in [0.29, 0.717) is 22.5 Å². The molecular weight excluding hydrogens is 474 g/mol. The fourth-order valence-corrected chi connectivity index (χ4v) is 6.04. The van der Waals surface area contributed by atoms with Gasteiger partial charge in [0.2, 0.25) is 5.91 Å². The zero-order valence-corrected chi connectivity index (χ0v) is 21.2. The second kappa shape index (κ2) is 9.47. The largest absolute Gasteiger partial charge is 0.326 e. The number of rotatable bonds is 7. The van der Waals surface area contributed by atoms with Crippen LogP contribution >= 0.6 is 0 Å². The molecule has 0 atom stereocenters. The number of hydrogen-bond acceptors (Lipinski definition) is 5. The van der Waals surface area contributed by atoms with Crippen LogP contribution in [-0.2, 0) is 24.8 Å². The maximum atomic E-state index is 13.2. The molecule has 0 spiro atoms. The third-order valence-corrected chi connectivity index (χ3v) is 8.57. The number of benzene rings is 3. The first-order chi connectivity index (χ1) is 15.8. The van der Waals surface area contributed by atoms with Crippen molar-refractivity contribution in [3.8, 4) is 0 Å². The van der Waals surface area contributed by atoms with E-state index < -0.39 is 20.0 Å². The molecule has 0 heterocycles. The van der Waals surface area contributed by atoms with Crippen LogP contribution in [0.15, 0.2) is 70.5 Å². The van der Waals surface area contributed by atoms with Crippen molar-refractivity contribution < 1.29 is 21.6 Å². The maximum absolute atomic E-state index is 13.2. The summed E-state index contributed by atoms with van der Waals surface area (Å²) >= 11 is 0. The lowest BCUT2D eigenvalue weighted by Crippen LogP contribution is -2.28. The van der Waals surface area contributed by atoms with Crippen molar-refractivity contribution in [2.24, 2.45) is 0 Å². The van der Waals surface area contributed by atoms with E-state index in [1.54, 1.807) is 44.2 Å². The van der Waals surface area contributed by atoms with Crippen molar-refractivity contribution in [1.82, 2.24) is 0 Å². The van der Waals surface area contributed by atoms with Crippen LogP contribution < -0.4 is 14.3 Å². The quantitative estimate of drug-likeness (QED) is 0.504. The molecule has 10 heteroatoms. The highest BCUT2D eigenvalue weighted by molar-refractivity contribution is 7.93. The number of hydrogen-bond donors (Lipinski definition) is 2. The van der Waals surface area contributed by atoms with E-state index in [1.165, 1.54) is 44.3 Å². The van der Waals surface area contributed by atoms with Crippen molar-refractivity contribution in [2.75, 3.05) is 21.4 Å². The van der Waals surface area contributed by atoms with Crippen LogP contribution in [0.2, 0.25) is 0 Å². The molecule has 180 valence electrons. The third-order valence-electron chi connectivity index (χ3n) is 5.26. The average molecular weight is 502 g/mol. The molecule has 0 unspecified atom stereocenters. The zero-order chi connectivity index (χ0) is 25.3. The smallest absolute Gasteiger partial charge is 0.264 e. The fourth-order valence-electron chi connectivity index (χ4n) is 3.48. The predicted molar refractivity (Wildman–Crippen MR) is 134 cm³/mol. The second-order valence-corrected chi connectivity index (χ2v) is 11.7. The van der Waals surface area contributed by atoms with Crippen molar-refractivity contribution >= 4 is 43.0 Å². The van der Waals surface area contributed by atoms with Gasteiger partial charge in [0.15, 0.2) is 0 Å². The number of amides is 1. The lowest BCUT2D eigenvalue weighted by atomic mass is 10.1. The Hall–Kier alpha value is -3.37. The molecule has 3 aromatic carbocycles. The number of carbonyl (C=O) groups excluding carboxylic acids is 1. The first-order valence-corrected chi connectivity index (χ1v) is 13.3. The first kappa shape index (κ1) is 25.3. The molecule has 0 radical (unpaired) electrons. The van der Waals surface area contributed by atoms with Crippen molar-refractivity contribution in [3.05, 3.63) is 77.4 Å². The van der Waals surface area contributed by atoms with Crippen LogP contribution in [0.25, 0.3) is 0 Å². The van der Waals surface area contributed by atoms with Gasteiger partial charge >= 0.3 is 0 Å². The minimum absolute atomic E-state index is 0.0370. The summed E-state index contributed by atoms with van der Waals surface area (Å²) in [4.78, 5) is 11.2. The second-order valence-electron chi connectivity index (χ2n) is 8.05. The van der Waals surface area contributed by atoms with E-state index >= 15 is 0 Å². The van der Waals surface area contributed by atoms with Crippen LogP contribution in [0.1, 0.15) is 23.6 Å². The molecular formula is C24H27N3O5S2. The minimum atomic E-state index is -4.03. The van der Waals surface area contributed by atoms with E-state index in [2.05, 4.69) is 10.0 Å². The fraction of sp³-hybridized carbons (Fsp3) is 0.208. The molecule has 0 aliphatic rings. The highest BCUT2D eigenvalue weighted by Gasteiger charge is 2.26. The van der Waals surface area contributed by atoms with E-state index in [-0.39, 0.29) is 21.4 Å². The predicted octanol–water partition coefficient (Wildman–Crippen LogP) is 4.20. The molecule has 0 saturated heterocycles. The van der Waals surface area contributed by atoms with Crippen LogP contribution in [-0.4, -0.2) is 29.8 Å². The molecule has 3 rings (SSSR count). The first-order valence-electron chi connectivity index (χ1n) is 10.4. The molecule has 8 nitrogen and oxygen atoms in total. The summed E-state index contributed by atoms with van der Waals surface area (Å²) < 4.78 is 56.3. The van der Waals surface area contributed by atoms with Crippen LogP contribution in [0.4, 0.5) is 17.1 Å². The Bertz CT molecular complexity index is 1430. The van der Waals surface area contributed by atoms with Gasteiger partial charge in [-0.25, -0.2) is 16.8 Å². The van der Waals surface area contributed by atoms with E-state index in [1.807, 2.05) is 6.92 Å². The topological polar surface area (TPSA) is 113 Å². The van der Waals surface area contributed by atoms with Gasteiger partial charge in [-0.1, -0.05) is 23.8 Å². The van der Waals surface area contributed by atoms with Gasteiger partial charge in [-0.3, -0.25) is 13.8 Å². The third kappa shape index (κ3) is 5.40. The van der Waals surface area contributed by atoms with E-state index in [4.69, 9.17) is 0 Å². The molecule has 0 aromatic heterocycles. The van der Waals surface area contributed by atoms with Gasteiger partial charge < -0.3 is 5.32 Å². The Labute approximate surface area is 200 Å². The molecule has 0 saturated carbocycles. The summed E-state index contributed by atoms with van der Waals surface area (Å²) in [5.74, 6) is -0.235. The van der Waals surface area contributed by atoms with Crippen molar-refractivity contribution in [2.45, 2.75) is 37.5 Å². The Morgan fingerprint density at radius 2 is 1.35 bits per heavy atom. The summed E-state index contributed by atoms with van der Waals surface area (Å²) in [7, 11) is -6.52. The number of sulfonamides is 2.